The number of rotatable bonds is 7. The Labute approximate surface area is 146 Å². The van der Waals surface area contributed by atoms with Gasteiger partial charge in [0.15, 0.2) is 0 Å². The van der Waals surface area contributed by atoms with Gasteiger partial charge in [-0.25, -0.2) is 9.97 Å². The molecule has 1 N–H and O–H groups in total. The summed E-state index contributed by atoms with van der Waals surface area (Å²) in [4.78, 5) is 10.2. The molecule has 126 valence electrons. The molecule has 0 unspecified atom stereocenters. The third kappa shape index (κ3) is 4.41. The number of anilines is 1. The lowest BCUT2D eigenvalue weighted by atomic mass is 10.0. The van der Waals surface area contributed by atoms with Crippen LogP contribution in [0.15, 0.2) is 36.9 Å². The summed E-state index contributed by atoms with van der Waals surface area (Å²) in [5.74, 6) is 1.63. The minimum absolute atomic E-state index is 0.725. The molecule has 6 heteroatoms. The summed E-state index contributed by atoms with van der Waals surface area (Å²) in [6, 6.07) is 4.21. The van der Waals surface area contributed by atoms with Crippen LogP contribution in [0, 0.1) is 5.92 Å². The number of hydrogen-bond acceptors (Lipinski definition) is 5. The topological polar surface area (TPSA) is 55.6 Å². The maximum absolute atomic E-state index is 4.50. The molecule has 0 saturated carbocycles. The number of hydrogen-bond donors (Lipinski definition) is 1. The Morgan fingerprint density at radius 1 is 1.17 bits per heavy atom. The maximum atomic E-state index is 4.50. The Balaban J connectivity index is 1.55. The van der Waals surface area contributed by atoms with Crippen molar-refractivity contribution in [2.75, 3.05) is 5.32 Å². The molecule has 0 spiro atoms. The lowest BCUT2D eigenvalue weighted by Gasteiger charge is -2.06. The predicted octanol–water partition coefficient (Wildman–Crippen LogP) is 4.14. The van der Waals surface area contributed by atoms with Crippen LogP contribution in [0.25, 0.3) is 10.6 Å². The van der Waals surface area contributed by atoms with Crippen molar-refractivity contribution in [2.24, 2.45) is 13.0 Å². The van der Waals surface area contributed by atoms with Gasteiger partial charge in [0.25, 0.3) is 0 Å². The van der Waals surface area contributed by atoms with Gasteiger partial charge in [0.2, 0.25) is 0 Å². The van der Waals surface area contributed by atoms with Crippen molar-refractivity contribution in [3.8, 4) is 10.6 Å². The van der Waals surface area contributed by atoms with Crippen molar-refractivity contribution in [2.45, 2.75) is 33.2 Å². The molecule has 3 aromatic heterocycles. The van der Waals surface area contributed by atoms with E-state index in [0.29, 0.717) is 0 Å². The molecule has 0 atom stereocenters. The van der Waals surface area contributed by atoms with Crippen molar-refractivity contribution >= 4 is 17.2 Å². The van der Waals surface area contributed by atoms with Crippen LogP contribution in [0.2, 0.25) is 0 Å². The van der Waals surface area contributed by atoms with Crippen molar-refractivity contribution < 1.29 is 0 Å². The fourth-order valence-electron chi connectivity index (χ4n) is 2.36. The molecule has 3 heterocycles. The SMILES string of the molecule is CC(C)CCc1ccc(NCc2cnc(-c3cnn(C)c3)s2)nc1. The summed E-state index contributed by atoms with van der Waals surface area (Å²) in [6.07, 6.45) is 10.00. The average molecular weight is 341 g/mol. The fraction of sp³-hybridized carbons (Fsp3) is 0.389. The highest BCUT2D eigenvalue weighted by atomic mass is 32.1. The zero-order chi connectivity index (χ0) is 16.9. The maximum Gasteiger partial charge on any atom is 0.126 e. The first-order valence-corrected chi connectivity index (χ1v) is 9.04. The minimum Gasteiger partial charge on any atom is -0.365 e. The van der Waals surface area contributed by atoms with Crippen LogP contribution in [0.3, 0.4) is 0 Å². The van der Waals surface area contributed by atoms with Crippen LogP contribution in [-0.2, 0) is 20.0 Å². The van der Waals surface area contributed by atoms with E-state index >= 15 is 0 Å². The first-order valence-electron chi connectivity index (χ1n) is 8.22. The van der Waals surface area contributed by atoms with Gasteiger partial charge in [-0.3, -0.25) is 4.68 Å². The third-order valence-corrected chi connectivity index (χ3v) is 4.83. The standard InChI is InChI=1S/C18H23N5S/c1-13(2)4-5-14-6-7-17(19-8-14)20-10-16-11-21-18(24-16)15-9-22-23(3)12-15/h6-9,11-13H,4-5,10H2,1-3H3,(H,19,20). The van der Waals surface area contributed by atoms with Gasteiger partial charge in [0, 0.05) is 36.1 Å². The summed E-state index contributed by atoms with van der Waals surface area (Å²) >= 11 is 1.68. The quantitative estimate of drug-likeness (QED) is 0.702. The molecule has 3 aromatic rings. The van der Waals surface area contributed by atoms with Crippen molar-refractivity contribution in [1.29, 1.82) is 0 Å². The summed E-state index contributed by atoms with van der Waals surface area (Å²) in [6.45, 7) is 5.23. The lowest BCUT2D eigenvalue weighted by molar-refractivity contribution is 0.586. The van der Waals surface area contributed by atoms with E-state index in [1.165, 1.54) is 16.9 Å². The van der Waals surface area contributed by atoms with E-state index in [9.17, 15) is 0 Å². The molecule has 0 saturated heterocycles. The molecule has 0 amide bonds. The molecule has 0 radical (unpaired) electrons. The third-order valence-electron chi connectivity index (χ3n) is 3.78. The monoisotopic (exact) mass is 341 g/mol. The molecule has 3 rings (SSSR count). The first kappa shape index (κ1) is 16.6. The summed E-state index contributed by atoms with van der Waals surface area (Å²) < 4.78 is 1.79. The average Bonchev–Trinajstić information content (AvgIpc) is 3.20. The zero-order valence-corrected chi connectivity index (χ0v) is 15.2. The second kappa shape index (κ2) is 7.57. The van der Waals surface area contributed by atoms with Crippen LogP contribution in [0.1, 0.15) is 30.7 Å². The molecule has 0 aliphatic carbocycles. The Morgan fingerprint density at radius 2 is 2.04 bits per heavy atom. The highest BCUT2D eigenvalue weighted by Gasteiger charge is 2.07. The van der Waals surface area contributed by atoms with Crippen molar-refractivity contribution in [1.82, 2.24) is 19.7 Å². The highest BCUT2D eigenvalue weighted by Crippen LogP contribution is 2.25. The molecule has 24 heavy (non-hydrogen) atoms. The number of nitrogens with one attached hydrogen (secondary N) is 1. The van der Waals surface area contributed by atoms with Crippen LogP contribution in [-0.4, -0.2) is 19.7 Å². The van der Waals surface area contributed by atoms with Gasteiger partial charge < -0.3 is 5.32 Å². The summed E-state index contributed by atoms with van der Waals surface area (Å²) in [7, 11) is 1.91. The Kier molecular flexibility index (Phi) is 5.25. The zero-order valence-electron chi connectivity index (χ0n) is 14.4. The molecule has 0 aliphatic rings. The van der Waals surface area contributed by atoms with Crippen LogP contribution in [0.5, 0.6) is 0 Å². The van der Waals surface area contributed by atoms with Crippen LogP contribution in [0.4, 0.5) is 5.82 Å². The molecule has 0 bridgehead atoms. The Bertz CT molecular complexity index is 773. The first-order chi connectivity index (χ1) is 11.6. The number of thiazole rings is 1. The van der Waals surface area contributed by atoms with E-state index in [0.717, 1.165) is 35.3 Å². The minimum atomic E-state index is 0.725. The van der Waals surface area contributed by atoms with E-state index < -0.39 is 0 Å². The second-order valence-electron chi connectivity index (χ2n) is 6.37. The lowest BCUT2D eigenvalue weighted by Crippen LogP contribution is -2.00. The van der Waals surface area contributed by atoms with Crippen molar-refractivity contribution in [3.05, 3.63) is 47.4 Å². The fourth-order valence-corrected chi connectivity index (χ4v) is 3.19. The summed E-state index contributed by atoms with van der Waals surface area (Å²) in [5, 5.41) is 8.55. The molecule has 5 nitrogen and oxygen atoms in total. The van der Waals surface area contributed by atoms with Gasteiger partial charge in [0.05, 0.1) is 12.7 Å². The number of aryl methyl sites for hydroxylation is 2. The van der Waals surface area contributed by atoms with Gasteiger partial charge in [-0.2, -0.15) is 5.10 Å². The number of pyridine rings is 1. The molecule has 0 fully saturated rings. The molecular formula is C18H23N5S. The normalized spacial score (nSPS) is 11.2. The largest absolute Gasteiger partial charge is 0.365 e. The van der Waals surface area contributed by atoms with Crippen LogP contribution >= 0.6 is 11.3 Å². The van der Waals surface area contributed by atoms with E-state index in [1.54, 1.807) is 16.0 Å². The predicted molar refractivity (Wildman–Crippen MR) is 99.0 cm³/mol. The van der Waals surface area contributed by atoms with E-state index in [-0.39, 0.29) is 0 Å². The van der Waals surface area contributed by atoms with E-state index in [2.05, 4.69) is 46.4 Å². The molecule has 0 aliphatic heterocycles. The van der Waals surface area contributed by atoms with E-state index in [4.69, 9.17) is 0 Å². The van der Waals surface area contributed by atoms with Gasteiger partial charge >= 0.3 is 0 Å². The Morgan fingerprint density at radius 3 is 2.71 bits per heavy atom. The van der Waals surface area contributed by atoms with Gasteiger partial charge in [-0.05, 0) is 30.4 Å². The molecular weight excluding hydrogens is 318 g/mol. The Hall–Kier alpha value is -2.21. The highest BCUT2D eigenvalue weighted by molar-refractivity contribution is 7.15. The molecule has 0 aromatic carbocycles. The van der Waals surface area contributed by atoms with Gasteiger partial charge in [-0.1, -0.05) is 19.9 Å². The number of aromatic nitrogens is 4. The van der Waals surface area contributed by atoms with Gasteiger partial charge in [-0.15, -0.1) is 11.3 Å². The van der Waals surface area contributed by atoms with Gasteiger partial charge in [0.1, 0.15) is 10.8 Å². The summed E-state index contributed by atoms with van der Waals surface area (Å²) in [5.41, 5.74) is 2.35. The smallest absolute Gasteiger partial charge is 0.126 e. The van der Waals surface area contributed by atoms with Crippen molar-refractivity contribution in [3.63, 3.8) is 0 Å². The second-order valence-corrected chi connectivity index (χ2v) is 7.49. The van der Waals surface area contributed by atoms with E-state index in [1.807, 2.05) is 31.8 Å². The number of nitrogens with zero attached hydrogens (tertiary/aromatic N) is 4. The van der Waals surface area contributed by atoms with Crippen LogP contribution < -0.4 is 5.32 Å².